The molecule has 0 aliphatic heterocycles. The van der Waals surface area contributed by atoms with Crippen LogP contribution in [0.2, 0.25) is 0 Å². The van der Waals surface area contributed by atoms with Crippen LogP contribution in [-0.2, 0) is 0 Å². The van der Waals surface area contributed by atoms with Gasteiger partial charge >= 0.3 is 5.69 Å². The molecule has 6 nitrogen and oxygen atoms in total. The van der Waals surface area contributed by atoms with E-state index >= 15 is 0 Å². The molecule has 0 aromatic heterocycles. The van der Waals surface area contributed by atoms with Crippen LogP contribution in [0.15, 0.2) is 16.6 Å². The number of nitrogens with zero attached hydrogens (tertiary/aromatic N) is 1. The highest BCUT2D eigenvalue weighted by Gasteiger charge is 2.23. The van der Waals surface area contributed by atoms with Gasteiger partial charge in [-0.2, -0.15) is 0 Å². The normalized spacial score (nSPS) is 14.1. The highest BCUT2D eigenvalue weighted by atomic mass is 79.9. The second-order valence-corrected chi connectivity index (χ2v) is 4.85. The largest absolute Gasteiger partial charge is 0.484 e. The van der Waals surface area contributed by atoms with E-state index in [2.05, 4.69) is 15.9 Å². The van der Waals surface area contributed by atoms with Crippen LogP contribution >= 0.6 is 15.9 Å². The van der Waals surface area contributed by atoms with E-state index in [1.807, 2.05) is 0 Å². The lowest BCUT2D eigenvalue weighted by Crippen LogP contribution is -2.15. The van der Waals surface area contributed by atoms with E-state index in [9.17, 15) is 15.2 Å². The van der Waals surface area contributed by atoms with Crippen molar-refractivity contribution in [2.45, 2.75) is 26.1 Å². The van der Waals surface area contributed by atoms with Crippen LogP contribution in [-0.4, -0.2) is 27.8 Å². The molecule has 0 radical (unpaired) electrons. The summed E-state index contributed by atoms with van der Waals surface area (Å²) in [4.78, 5) is 10.4. The third kappa shape index (κ3) is 3.66. The Bertz CT molecular complexity index is 447. The van der Waals surface area contributed by atoms with Crippen molar-refractivity contribution in [1.29, 1.82) is 0 Å². The molecule has 1 unspecified atom stereocenters. The van der Waals surface area contributed by atoms with Crippen LogP contribution in [0.3, 0.4) is 0 Å². The summed E-state index contributed by atoms with van der Waals surface area (Å²) in [5.74, 6) is -0.0147. The van der Waals surface area contributed by atoms with Gasteiger partial charge in [-0.05, 0) is 19.9 Å². The SMILES string of the molecule is CC(O)COc1c([C@H](C)O)cc(Br)cc1[N+](=O)[O-]. The quantitative estimate of drug-likeness (QED) is 0.641. The molecule has 100 valence electrons. The zero-order valence-electron chi connectivity index (χ0n) is 9.96. The second-order valence-electron chi connectivity index (χ2n) is 3.94. The molecule has 0 aliphatic rings. The van der Waals surface area contributed by atoms with Crippen LogP contribution in [0.4, 0.5) is 5.69 Å². The topological polar surface area (TPSA) is 92.8 Å². The van der Waals surface area contributed by atoms with Crippen LogP contribution < -0.4 is 4.74 Å². The van der Waals surface area contributed by atoms with Gasteiger partial charge in [0.2, 0.25) is 5.75 Å². The van der Waals surface area contributed by atoms with Crippen molar-refractivity contribution in [3.8, 4) is 5.75 Å². The van der Waals surface area contributed by atoms with Crippen molar-refractivity contribution >= 4 is 21.6 Å². The standard InChI is InChI=1S/C11H14BrNO5/c1-6(14)5-18-11-9(7(2)15)3-8(12)4-10(11)13(16)17/h3-4,6-7,14-15H,5H2,1-2H3/t6?,7-/m0/s1. The minimum Gasteiger partial charge on any atom is -0.484 e. The number of nitro benzene ring substituents is 1. The van der Waals surface area contributed by atoms with Gasteiger partial charge in [0.1, 0.15) is 6.61 Å². The first-order valence-corrected chi connectivity index (χ1v) is 6.09. The maximum atomic E-state index is 11.0. The first-order chi connectivity index (χ1) is 8.32. The molecule has 1 aromatic carbocycles. The Hall–Kier alpha value is -1.18. The number of aliphatic hydroxyl groups excluding tert-OH is 2. The number of halogens is 1. The molecule has 0 heterocycles. The van der Waals surface area contributed by atoms with Gasteiger partial charge in [0.05, 0.1) is 17.1 Å². The molecule has 0 amide bonds. The fraction of sp³-hybridized carbons (Fsp3) is 0.455. The van der Waals surface area contributed by atoms with Crippen molar-refractivity contribution in [2.24, 2.45) is 0 Å². The van der Waals surface area contributed by atoms with E-state index in [1.54, 1.807) is 6.07 Å². The number of benzene rings is 1. The maximum absolute atomic E-state index is 11.0. The molecular weight excluding hydrogens is 306 g/mol. The Morgan fingerprint density at radius 1 is 1.44 bits per heavy atom. The van der Waals surface area contributed by atoms with Crippen molar-refractivity contribution in [2.75, 3.05) is 6.61 Å². The van der Waals surface area contributed by atoms with Crippen molar-refractivity contribution in [3.63, 3.8) is 0 Å². The molecule has 1 rings (SSSR count). The van der Waals surface area contributed by atoms with Crippen LogP contribution in [0.5, 0.6) is 5.75 Å². The Balaban J connectivity index is 3.27. The first-order valence-electron chi connectivity index (χ1n) is 5.29. The zero-order valence-corrected chi connectivity index (χ0v) is 11.5. The van der Waals surface area contributed by atoms with Crippen LogP contribution in [0.25, 0.3) is 0 Å². The minimum atomic E-state index is -0.912. The van der Waals surface area contributed by atoms with Crippen molar-refractivity contribution < 1.29 is 19.9 Å². The molecular formula is C11H14BrNO5. The summed E-state index contributed by atoms with van der Waals surface area (Å²) in [6.45, 7) is 2.91. The number of aliphatic hydroxyl groups is 2. The summed E-state index contributed by atoms with van der Waals surface area (Å²) in [6.07, 6.45) is -1.67. The van der Waals surface area contributed by atoms with Gasteiger partial charge in [0.15, 0.2) is 0 Å². The Morgan fingerprint density at radius 3 is 2.50 bits per heavy atom. The number of rotatable bonds is 5. The van der Waals surface area contributed by atoms with E-state index in [1.165, 1.54) is 19.9 Å². The molecule has 0 saturated heterocycles. The van der Waals surface area contributed by atoms with Crippen LogP contribution in [0, 0.1) is 10.1 Å². The number of hydrogen-bond acceptors (Lipinski definition) is 5. The molecule has 0 aliphatic carbocycles. The lowest BCUT2D eigenvalue weighted by atomic mass is 10.1. The number of nitro groups is 1. The highest BCUT2D eigenvalue weighted by molar-refractivity contribution is 9.10. The van der Waals surface area contributed by atoms with Crippen molar-refractivity contribution in [3.05, 3.63) is 32.3 Å². The molecule has 0 spiro atoms. The predicted octanol–water partition coefficient (Wildman–Crippen LogP) is 2.17. The summed E-state index contributed by atoms with van der Waals surface area (Å²) in [6, 6.07) is 2.85. The van der Waals surface area contributed by atoms with E-state index in [4.69, 9.17) is 9.84 Å². The fourth-order valence-corrected chi connectivity index (χ4v) is 1.87. The predicted molar refractivity (Wildman–Crippen MR) is 68.6 cm³/mol. The van der Waals surface area contributed by atoms with E-state index in [-0.39, 0.29) is 18.0 Å². The summed E-state index contributed by atoms with van der Waals surface area (Å²) in [7, 11) is 0. The number of hydrogen-bond donors (Lipinski definition) is 2. The lowest BCUT2D eigenvalue weighted by molar-refractivity contribution is -0.386. The molecule has 0 bridgehead atoms. The summed E-state index contributed by atoms with van der Waals surface area (Å²) in [5, 5.41) is 29.7. The highest BCUT2D eigenvalue weighted by Crippen LogP contribution is 2.37. The average Bonchev–Trinajstić information content (AvgIpc) is 2.25. The Labute approximate surface area is 112 Å². The summed E-state index contributed by atoms with van der Waals surface area (Å²) >= 11 is 3.14. The van der Waals surface area contributed by atoms with Crippen LogP contribution in [0.1, 0.15) is 25.5 Å². The van der Waals surface area contributed by atoms with Gasteiger partial charge in [-0.1, -0.05) is 15.9 Å². The third-order valence-electron chi connectivity index (χ3n) is 2.18. The van der Waals surface area contributed by atoms with E-state index < -0.39 is 17.1 Å². The molecule has 0 saturated carbocycles. The third-order valence-corrected chi connectivity index (χ3v) is 2.64. The molecule has 1 aromatic rings. The summed E-state index contributed by atoms with van der Waals surface area (Å²) < 4.78 is 5.72. The Kier molecular flexibility index (Phi) is 5.06. The van der Waals surface area contributed by atoms with Gasteiger partial charge in [-0.25, -0.2) is 0 Å². The fourth-order valence-electron chi connectivity index (χ4n) is 1.41. The van der Waals surface area contributed by atoms with Crippen molar-refractivity contribution in [1.82, 2.24) is 0 Å². The molecule has 18 heavy (non-hydrogen) atoms. The molecule has 2 atom stereocenters. The lowest BCUT2D eigenvalue weighted by Gasteiger charge is -2.15. The average molecular weight is 320 g/mol. The van der Waals surface area contributed by atoms with Gasteiger partial charge in [-0.3, -0.25) is 10.1 Å². The van der Waals surface area contributed by atoms with Gasteiger partial charge in [0.25, 0.3) is 0 Å². The Morgan fingerprint density at radius 2 is 2.06 bits per heavy atom. The zero-order chi connectivity index (χ0) is 13.9. The smallest absolute Gasteiger partial charge is 0.312 e. The summed E-state index contributed by atoms with van der Waals surface area (Å²) in [5.41, 5.74) is 0.0534. The van der Waals surface area contributed by atoms with Gasteiger partial charge < -0.3 is 14.9 Å². The molecule has 2 N–H and O–H groups in total. The van der Waals surface area contributed by atoms with E-state index in [0.29, 0.717) is 10.0 Å². The van der Waals surface area contributed by atoms with Gasteiger partial charge in [0, 0.05) is 16.1 Å². The maximum Gasteiger partial charge on any atom is 0.312 e. The molecule has 0 fully saturated rings. The minimum absolute atomic E-state index is 0.0147. The number of ether oxygens (including phenoxy) is 1. The first kappa shape index (κ1) is 14.9. The van der Waals surface area contributed by atoms with E-state index in [0.717, 1.165) is 0 Å². The second kappa shape index (κ2) is 6.12. The monoisotopic (exact) mass is 319 g/mol. The van der Waals surface area contributed by atoms with Gasteiger partial charge in [-0.15, -0.1) is 0 Å². The molecule has 7 heteroatoms.